The van der Waals surface area contributed by atoms with E-state index in [0.717, 1.165) is 9.86 Å². The zero-order chi connectivity index (χ0) is 13.3. The summed E-state index contributed by atoms with van der Waals surface area (Å²) in [6, 6.07) is 6.72. The van der Waals surface area contributed by atoms with Crippen LogP contribution in [0.15, 0.2) is 34.9 Å². The second-order valence-electron chi connectivity index (χ2n) is 4.24. The van der Waals surface area contributed by atoms with Crippen molar-refractivity contribution in [3.05, 3.63) is 40.5 Å². The molecule has 2 rings (SSSR count). The SMILES string of the molecule is CN(C)C(C(=O)O)c1ccc(Br)c2cccnc12. The maximum Gasteiger partial charge on any atom is 0.325 e. The molecule has 1 N–H and O–H groups in total. The second kappa shape index (κ2) is 5.04. The lowest BCUT2D eigenvalue weighted by molar-refractivity contribution is -0.142. The second-order valence-corrected chi connectivity index (χ2v) is 5.09. The van der Waals surface area contributed by atoms with Crippen molar-refractivity contribution in [1.29, 1.82) is 0 Å². The summed E-state index contributed by atoms with van der Waals surface area (Å²) in [7, 11) is 3.49. The number of hydrogen-bond acceptors (Lipinski definition) is 3. The molecule has 0 aliphatic heterocycles. The van der Waals surface area contributed by atoms with E-state index in [1.807, 2.05) is 18.2 Å². The van der Waals surface area contributed by atoms with E-state index in [2.05, 4.69) is 20.9 Å². The Labute approximate surface area is 113 Å². The van der Waals surface area contributed by atoms with Gasteiger partial charge in [0.2, 0.25) is 0 Å². The summed E-state index contributed by atoms with van der Waals surface area (Å²) in [5.74, 6) is -0.880. The molecule has 1 aromatic carbocycles. The van der Waals surface area contributed by atoms with Gasteiger partial charge in [0.05, 0.1) is 5.52 Å². The van der Waals surface area contributed by atoms with Crippen LogP contribution in [0.25, 0.3) is 10.9 Å². The first-order valence-corrected chi connectivity index (χ1v) is 6.24. The first kappa shape index (κ1) is 13.0. The zero-order valence-corrected chi connectivity index (χ0v) is 11.7. The molecule has 2 aromatic rings. The van der Waals surface area contributed by atoms with Gasteiger partial charge in [0.1, 0.15) is 6.04 Å². The van der Waals surface area contributed by atoms with Crippen LogP contribution >= 0.6 is 15.9 Å². The molecule has 1 aromatic heterocycles. The molecule has 4 nitrogen and oxygen atoms in total. The highest BCUT2D eigenvalue weighted by Gasteiger charge is 2.24. The fourth-order valence-corrected chi connectivity index (χ4v) is 2.46. The molecule has 1 heterocycles. The van der Waals surface area contributed by atoms with Crippen LogP contribution in [-0.4, -0.2) is 35.1 Å². The summed E-state index contributed by atoms with van der Waals surface area (Å²) in [6.45, 7) is 0. The van der Waals surface area contributed by atoms with Crippen LogP contribution in [0, 0.1) is 0 Å². The van der Waals surface area contributed by atoms with E-state index >= 15 is 0 Å². The molecule has 0 radical (unpaired) electrons. The van der Waals surface area contributed by atoms with E-state index in [9.17, 15) is 9.90 Å². The number of nitrogens with zero attached hydrogens (tertiary/aromatic N) is 2. The molecule has 0 amide bonds. The number of halogens is 1. The normalized spacial score (nSPS) is 12.9. The number of rotatable bonds is 3. The average Bonchev–Trinajstić information content (AvgIpc) is 2.32. The van der Waals surface area contributed by atoms with Crippen molar-refractivity contribution in [3.8, 4) is 0 Å². The molecule has 0 saturated carbocycles. The summed E-state index contributed by atoms with van der Waals surface area (Å²) in [4.78, 5) is 17.4. The minimum atomic E-state index is -0.880. The Balaban J connectivity index is 2.71. The molecule has 0 aliphatic rings. The Morgan fingerprint density at radius 3 is 2.72 bits per heavy atom. The van der Waals surface area contributed by atoms with Crippen molar-refractivity contribution in [2.45, 2.75) is 6.04 Å². The third-order valence-electron chi connectivity index (χ3n) is 2.79. The van der Waals surface area contributed by atoms with Gasteiger partial charge in [0.15, 0.2) is 0 Å². The number of pyridine rings is 1. The van der Waals surface area contributed by atoms with Gasteiger partial charge in [-0.05, 0) is 26.2 Å². The van der Waals surface area contributed by atoms with Gasteiger partial charge in [0, 0.05) is 21.6 Å². The summed E-state index contributed by atoms with van der Waals surface area (Å²) in [6.07, 6.45) is 1.67. The Kier molecular flexibility index (Phi) is 3.63. The van der Waals surface area contributed by atoms with Crippen molar-refractivity contribution >= 4 is 32.8 Å². The standard InChI is InChI=1S/C13H13BrN2O2/c1-16(2)12(13(17)18)9-5-6-10(14)8-4-3-7-15-11(8)9/h3-7,12H,1-2H3,(H,17,18). The van der Waals surface area contributed by atoms with E-state index in [1.165, 1.54) is 0 Å². The van der Waals surface area contributed by atoms with Crippen LogP contribution in [-0.2, 0) is 4.79 Å². The first-order chi connectivity index (χ1) is 8.52. The van der Waals surface area contributed by atoms with Gasteiger partial charge < -0.3 is 5.11 Å². The van der Waals surface area contributed by atoms with Crippen molar-refractivity contribution in [2.24, 2.45) is 0 Å². The van der Waals surface area contributed by atoms with E-state index in [1.54, 1.807) is 31.3 Å². The van der Waals surface area contributed by atoms with Crippen molar-refractivity contribution in [2.75, 3.05) is 14.1 Å². The molecule has 94 valence electrons. The molecule has 0 saturated heterocycles. The molecule has 1 atom stereocenters. The Hall–Kier alpha value is -1.46. The fraction of sp³-hybridized carbons (Fsp3) is 0.231. The van der Waals surface area contributed by atoms with Crippen LogP contribution in [0.4, 0.5) is 0 Å². The number of benzene rings is 1. The molecule has 0 fully saturated rings. The van der Waals surface area contributed by atoms with Gasteiger partial charge in [-0.1, -0.05) is 28.1 Å². The number of fused-ring (bicyclic) bond motifs is 1. The zero-order valence-electron chi connectivity index (χ0n) is 10.1. The summed E-state index contributed by atoms with van der Waals surface area (Å²) >= 11 is 3.45. The van der Waals surface area contributed by atoms with Crippen LogP contribution in [0.2, 0.25) is 0 Å². The van der Waals surface area contributed by atoms with Gasteiger partial charge in [0.25, 0.3) is 0 Å². The number of likely N-dealkylation sites (N-methyl/N-ethyl adjacent to an activating group) is 1. The van der Waals surface area contributed by atoms with Crippen molar-refractivity contribution in [3.63, 3.8) is 0 Å². The number of carbonyl (C=O) groups is 1. The monoisotopic (exact) mass is 308 g/mol. The first-order valence-electron chi connectivity index (χ1n) is 5.44. The minimum absolute atomic E-state index is 0.699. The highest BCUT2D eigenvalue weighted by atomic mass is 79.9. The average molecular weight is 309 g/mol. The van der Waals surface area contributed by atoms with Crippen LogP contribution in [0.5, 0.6) is 0 Å². The molecular formula is C13H13BrN2O2. The van der Waals surface area contributed by atoms with Gasteiger partial charge in [-0.2, -0.15) is 0 Å². The number of carboxylic acid groups (broad SMARTS) is 1. The van der Waals surface area contributed by atoms with Gasteiger partial charge in [-0.3, -0.25) is 14.7 Å². The largest absolute Gasteiger partial charge is 0.480 e. The Morgan fingerprint density at radius 1 is 1.39 bits per heavy atom. The Morgan fingerprint density at radius 2 is 2.11 bits per heavy atom. The lowest BCUT2D eigenvalue weighted by Crippen LogP contribution is -2.27. The maximum atomic E-state index is 11.4. The highest BCUT2D eigenvalue weighted by molar-refractivity contribution is 9.10. The van der Waals surface area contributed by atoms with Gasteiger partial charge >= 0.3 is 5.97 Å². The maximum absolute atomic E-state index is 11.4. The van der Waals surface area contributed by atoms with E-state index < -0.39 is 12.0 Å². The number of hydrogen-bond donors (Lipinski definition) is 1. The molecule has 0 spiro atoms. The quantitative estimate of drug-likeness (QED) is 0.947. The lowest BCUT2D eigenvalue weighted by atomic mass is 10.0. The topological polar surface area (TPSA) is 53.4 Å². The number of carboxylic acids is 1. The molecule has 1 unspecified atom stereocenters. The van der Waals surface area contributed by atoms with E-state index in [-0.39, 0.29) is 0 Å². The third kappa shape index (κ3) is 2.23. The van der Waals surface area contributed by atoms with Crippen molar-refractivity contribution in [1.82, 2.24) is 9.88 Å². The summed E-state index contributed by atoms with van der Waals surface area (Å²) in [5.41, 5.74) is 1.42. The van der Waals surface area contributed by atoms with Crippen LogP contribution < -0.4 is 0 Å². The smallest absolute Gasteiger partial charge is 0.325 e. The van der Waals surface area contributed by atoms with E-state index in [0.29, 0.717) is 11.1 Å². The minimum Gasteiger partial charge on any atom is -0.480 e. The molecule has 0 aliphatic carbocycles. The number of aromatic nitrogens is 1. The molecular weight excluding hydrogens is 296 g/mol. The molecule has 5 heteroatoms. The predicted octanol–water partition coefficient (Wildman–Crippen LogP) is 2.68. The van der Waals surface area contributed by atoms with Crippen LogP contribution in [0.3, 0.4) is 0 Å². The van der Waals surface area contributed by atoms with Crippen LogP contribution in [0.1, 0.15) is 11.6 Å². The fourth-order valence-electron chi connectivity index (χ4n) is 2.01. The van der Waals surface area contributed by atoms with Gasteiger partial charge in [-0.15, -0.1) is 0 Å². The molecule has 0 bridgehead atoms. The number of aliphatic carboxylic acids is 1. The lowest BCUT2D eigenvalue weighted by Gasteiger charge is -2.21. The third-order valence-corrected chi connectivity index (χ3v) is 3.48. The van der Waals surface area contributed by atoms with Gasteiger partial charge in [-0.25, -0.2) is 0 Å². The highest BCUT2D eigenvalue weighted by Crippen LogP contribution is 2.30. The summed E-state index contributed by atoms with van der Waals surface area (Å²) in [5, 5.41) is 10.3. The molecule has 18 heavy (non-hydrogen) atoms. The summed E-state index contributed by atoms with van der Waals surface area (Å²) < 4.78 is 0.914. The predicted molar refractivity (Wildman–Crippen MR) is 73.5 cm³/mol. The Bertz CT molecular complexity index is 599. The van der Waals surface area contributed by atoms with E-state index in [4.69, 9.17) is 0 Å². The van der Waals surface area contributed by atoms with Crippen molar-refractivity contribution < 1.29 is 9.90 Å².